The first-order valence-corrected chi connectivity index (χ1v) is 13.0. The molecule has 2 aromatic heterocycles. The Morgan fingerprint density at radius 2 is 2.05 bits per heavy atom. The first-order chi connectivity index (χ1) is 18.0. The molecule has 1 aromatic carbocycles. The number of rotatable bonds is 12. The summed E-state index contributed by atoms with van der Waals surface area (Å²) in [5.74, 6) is 1.18. The molecule has 4 rings (SSSR count). The average Bonchev–Trinajstić information content (AvgIpc) is 3.63. The second-order valence-corrected chi connectivity index (χ2v) is 9.58. The molecule has 37 heavy (non-hydrogen) atoms. The molecule has 0 spiro atoms. The lowest BCUT2D eigenvalue weighted by atomic mass is 10.2. The molecular formula is C27H26ClN3O5S. The minimum atomic E-state index is -0.462. The molecule has 1 saturated carbocycles. The molecule has 1 aliphatic carbocycles. The van der Waals surface area contributed by atoms with Gasteiger partial charge in [-0.2, -0.15) is 0 Å². The number of thiazole rings is 1. The summed E-state index contributed by atoms with van der Waals surface area (Å²) in [6.45, 7) is 3.06. The molecule has 10 heteroatoms. The maximum Gasteiger partial charge on any atom is 0.330 e. The maximum atomic E-state index is 12.4. The van der Waals surface area contributed by atoms with Crippen molar-refractivity contribution in [2.24, 2.45) is 5.92 Å². The molecule has 1 N–H and O–H groups in total. The van der Waals surface area contributed by atoms with E-state index in [9.17, 15) is 9.59 Å². The van der Waals surface area contributed by atoms with Gasteiger partial charge < -0.3 is 19.5 Å². The van der Waals surface area contributed by atoms with E-state index in [-0.39, 0.29) is 5.91 Å². The second-order valence-electron chi connectivity index (χ2n) is 8.14. The van der Waals surface area contributed by atoms with Crippen LogP contribution in [0.15, 0.2) is 54.9 Å². The highest BCUT2D eigenvalue weighted by Crippen LogP contribution is 2.35. The molecule has 0 saturated heterocycles. The molecule has 1 fully saturated rings. The van der Waals surface area contributed by atoms with Gasteiger partial charge in [0.15, 0.2) is 0 Å². The third-order valence-corrected chi connectivity index (χ3v) is 6.30. The van der Waals surface area contributed by atoms with E-state index in [1.54, 1.807) is 37.4 Å². The van der Waals surface area contributed by atoms with E-state index in [1.807, 2.05) is 18.2 Å². The van der Waals surface area contributed by atoms with Gasteiger partial charge in [-0.1, -0.05) is 29.0 Å². The maximum absolute atomic E-state index is 12.4. The van der Waals surface area contributed by atoms with Gasteiger partial charge in [-0.25, -0.2) is 9.78 Å². The highest BCUT2D eigenvalue weighted by atomic mass is 35.5. The Balaban J connectivity index is 1.25. The normalized spacial score (nSPS) is 13.1. The van der Waals surface area contributed by atoms with Gasteiger partial charge in [-0.3, -0.25) is 9.78 Å². The first kappa shape index (κ1) is 26.4. The van der Waals surface area contributed by atoms with E-state index in [4.69, 9.17) is 25.8 Å². The zero-order valence-electron chi connectivity index (χ0n) is 20.2. The molecule has 1 amide bonds. The Kier molecular flexibility index (Phi) is 9.29. The minimum absolute atomic E-state index is 0.259. The zero-order chi connectivity index (χ0) is 26.0. The predicted molar refractivity (Wildman–Crippen MR) is 143 cm³/mol. The number of hydrogen-bond donors (Lipinski definition) is 1. The zero-order valence-corrected chi connectivity index (χ0v) is 21.8. The lowest BCUT2D eigenvalue weighted by Crippen LogP contribution is -2.23. The number of hydrogen-bond acceptors (Lipinski definition) is 8. The predicted octanol–water partition coefficient (Wildman–Crippen LogP) is 5.79. The summed E-state index contributed by atoms with van der Waals surface area (Å²) in [5.41, 5.74) is 0.912. The smallest absolute Gasteiger partial charge is 0.330 e. The van der Waals surface area contributed by atoms with E-state index < -0.39 is 5.97 Å². The van der Waals surface area contributed by atoms with Crippen molar-refractivity contribution in [3.05, 3.63) is 76.0 Å². The summed E-state index contributed by atoms with van der Waals surface area (Å²) in [4.78, 5) is 33.2. The average molecular weight is 540 g/mol. The molecular weight excluding hydrogens is 514 g/mol. The summed E-state index contributed by atoms with van der Waals surface area (Å²) >= 11 is 7.70. The van der Waals surface area contributed by atoms with E-state index >= 15 is 0 Å². The number of halogens is 1. The fourth-order valence-electron chi connectivity index (χ4n) is 3.09. The summed E-state index contributed by atoms with van der Waals surface area (Å²) in [5, 5.41) is 3.73. The number of nitrogens with zero attached hydrogens (tertiary/aromatic N) is 2. The number of amides is 1. The van der Waals surface area contributed by atoms with Crippen LogP contribution in [-0.2, 0) is 9.53 Å². The van der Waals surface area contributed by atoms with Crippen molar-refractivity contribution >= 4 is 47.0 Å². The van der Waals surface area contributed by atoms with E-state index in [0.717, 1.165) is 17.2 Å². The van der Waals surface area contributed by atoms with Crippen LogP contribution in [0, 0.1) is 5.92 Å². The van der Waals surface area contributed by atoms with Gasteiger partial charge in [-0.15, -0.1) is 0 Å². The third-order valence-electron chi connectivity index (χ3n) is 5.17. The fraction of sp³-hybridized carbons (Fsp3) is 0.259. The molecule has 0 aliphatic heterocycles. The summed E-state index contributed by atoms with van der Waals surface area (Å²) < 4.78 is 16.4. The SMILES string of the molecule is CCOC(=O)/C=C/c1cc(C(=O)NC/C=C/c2cnc(Oc3ccc(OCC4CC4)cc3Cl)s2)ccn1. The van der Waals surface area contributed by atoms with Crippen LogP contribution in [-0.4, -0.2) is 41.6 Å². The Bertz CT molecular complexity index is 1300. The van der Waals surface area contributed by atoms with Crippen LogP contribution in [0.25, 0.3) is 12.2 Å². The van der Waals surface area contributed by atoms with Crippen LogP contribution in [0.5, 0.6) is 16.7 Å². The van der Waals surface area contributed by atoms with Crippen LogP contribution < -0.4 is 14.8 Å². The molecule has 0 unspecified atom stereocenters. The summed E-state index contributed by atoms with van der Waals surface area (Å²) in [6.07, 6.45) is 12.1. The Labute approximate surface area is 224 Å². The topological polar surface area (TPSA) is 99.6 Å². The molecule has 8 nitrogen and oxygen atoms in total. The number of ether oxygens (including phenoxy) is 3. The van der Waals surface area contributed by atoms with Crippen molar-refractivity contribution in [1.29, 1.82) is 0 Å². The summed E-state index contributed by atoms with van der Waals surface area (Å²) in [7, 11) is 0. The van der Waals surface area contributed by atoms with Crippen LogP contribution in [0.1, 0.15) is 40.7 Å². The van der Waals surface area contributed by atoms with Gasteiger partial charge in [0.05, 0.1) is 28.8 Å². The number of carbonyl (C=O) groups excluding carboxylic acids is 2. The van der Waals surface area contributed by atoms with Crippen molar-refractivity contribution in [3.8, 4) is 16.7 Å². The number of pyridine rings is 1. The number of aromatic nitrogens is 2. The van der Waals surface area contributed by atoms with Crippen molar-refractivity contribution in [3.63, 3.8) is 0 Å². The number of carbonyl (C=O) groups is 2. The highest BCUT2D eigenvalue weighted by Gasteiger charge is 2.22. The lowest BCUT2D eigenvalue weighted by molar-refractivity contribution is -0.137. The van der Waals surface area contributed by atoms with Crippen molar-refractivity contribution in [1.82, 2.24) is 15.3 Å². The fourth-order valence-corrected chi connectivity index (χ4v) is 4.01. The van der Waals surface area contributed by atoms with Crippen LogP contribution >= 0.6 is 22.9 Å². The molecule has 0 bridgehead atoms. The van der Waals surface area contributed by atoms with Crippen molar-refractivity contribution in [2.45, 2.75) is 19.8 Å². The number of benzene rings is 1. The molecule has 2 heterocycles. The number of nitrogens with one attached hydrogen (secondary N) is 1. The first-order valence-electron chi connectivity index (χ1n) is 11.8. The van der Waals surface area contributed by atoms with Crippen LogP contribution in [0.3, 0.4) is 0 Å². The van der Waals surface area contributed by atoms with Gasteiger partial charge in [0.2, 0.25) is 0 Å². The highest BCUT2D eigenvalue weighted by molar-refractivity contribution is 7.14. The van der Waals surface area contributed by atoms with Crippen molar-refractivity contribution < 1.29 is 23.8 Å². The molecule has 0 atom stereocenters. The van der Waals surface area contributed by atoms with Gasteiger partial charge in [0.1, 0.15) is 11.5 Å². The third kappa shape index (κ3) is 8.44. The lowest BCUT2D eigenvalue weighted by Gasteiger charge is -2.08. The van der Waals surface area contributed by atoms with Gasteiger partial charge >= 0.3 is 5.97 Å². The standard InChI is InChI=1S/C27H26ClN3O5S/c1-2-34-25(32)10-7-20-14-19(11-13-29-20)26(33)30-12-3-4-22-16-31-27(37-22)36-24-9-8-21(15-23(24)28)35-17-18-5-6-18/h3-4,7-11,13-16,18H,2,5-6,12,17H2,1H3,(H,30,33)/b4-3+,10-7+. The minimum Gasteiger partial charge on any atom is -0.493 e. The molecule has 0 radical (unpaired) electrons. The molecule has 3 aromatic rings. The largest absolute Gasteiger partial charge is 0.493 e. The molecule has 1 aliphatic rings. The van der Waals surface area contributed by atoms with Crippen molar-refractivity contribution in [2.75, 3.05) is 19.8 Å². The van der Waals surface area contributed by atoms with E-state index in [0.29, 0.717) is 46.3 Å². The number of esters is 1. The Morgan fingerprint density at radius 1 is 1.19 bits per heavy atom. The van der Waals surface area contributed by atoms with Crippen LogP contribution in [0.2, 0.25) is 5.02 Å². The summed E-state index contributed by atoms with van der Waals surface area (Å²) in [6, 6.07) is 8.55. The van der Waals surface area contributed by atoms with Gasteiger partial charge in [-0.05, 0) is 62.1 Å². The van der Waals surface area contributed by atoms with Gasteiger partial charge in [0, 0.05) is 36.6 Å². The Hall–Kier alpha value is -3.69. The quantitative estimate of drug-likeness (QED) is 0.229. The van der Waals surface area contributed by atoms with E-state index in [1.165, 1.54) is 42.5 Å². The monoisotopic (exact) mass is 539 g/mol. The second kappa shape index (κ2) is 13.0. The Morgan fingerprint density at radius 3 is 2.84 bits per heavy atom. The van der Waals surface area contributed by atoms with Gasteiger partial charge in [0.25, 0.3) is 11.1 Å². The molecule has 192 valence electrons. The van der Waals surface area contributed by atoms with E-state index in [2.05, 4.69) is 15.3 Å². The van der Waals surface area contributed by atoms with Crippen LogP contribution in [0.4, 0.5) is 0 Å².